The number of thiazole rings is 1. The van der Waals surface area contributed by atoms with E-state index in [1.54, 1.807) is 25.1 Å². The van der Waals surface area contributed by atoms with Crippen molar-refractivity contribution in [1.29, 1.82) is 0 Å². The lowest BCUT2D eigenvalue weighted by Gasteiger charge is -2.32. The summed E-state index contributed by atoms with van der Waals surface area (Å²) in [5.41, 5.74) is 1.98. The maximum Gasteiger partial charge on any atom is 0.272 e. The Kier molecular flexibility index (Phi) is 5.66. The van der Waals surface area contributed by atoms with Gasteiger partial charge in [0.1, 0.15) is 0 Å². The largest absolute Gasteiger partial charge is 0.336 e. The molecule has 1 N–H and O–H groups in total. The molecule has 9 nitrogen and oxygen atoms in total. The Morgan fingerprint density at radius 2 is 1.81 bits per heavy atom. The molecule has 160 valence electrons. The first-order valence-electron chi connectivity index (χ1n) is 9.76. The van der Waals surface area contributed by atoms with Crippen molar-refractivity contribution < 1.29 is 14.5 Å². The molecule has 10 heteroatoms. The summed E-state index contributed by atoms with van der Waals surface area (Å²) < 4.78 is 0.801. The topological polar surface area (TPSA) is 109 Å². The summed E-state index contributed by atoms with van der Waals surface area (Å²) in [6, 6.07) is 9.56. The van der Waals surface area contributed by atoms with Crippen LogP contribution in [0.5, 0.6) is 0 Å². The van der Waals surface area contributed by atoms with Crippen LogP contribution in [0.2, 0.25) is 0 Å². The number of likely N-dealkylation sites (N-methyl/N-ethyl adjacent to an activating group) is 1. The van der Waals surface area contributed by atoms with E-state index in [0.29, 0.717) is 40.4 Å². The molecule has 0 unspecified atom stereocenters. The number of fused-ring (bicyclic) bond motifs is 1. The number of piperazine rings is 1. The molecule has 1 fully saturated rings. The van der Waals surface area contributed by atoms with Crippen molar-refractivity contribution in [1.82, 2.24) is 14.8 Å². The van der Waals surface area contributed by atoms with Crippen molar-refractivity contribution in [3.05, 3.63) is 63.2 Å². The number of rotatable bonds is 4. The molecule has 3 aromatic rings. The minimum absolute atomic E-state index is 0.00431. The van der Waals surface area contributed by atoms with Gasteiger partial charge in [-0.05, 0) is 44.3 Å². The highest BCUT2D eigenvalue weighted by molar-refractivity contribution is 7.22. The zero-order chi connectivity index (χ0) is 22.1. The maximum absolute atomic E-state index is 12.8. The molecule has 0 radical (unpaired) electrons. The van der Waals surface area contributed by atoms with Crippen LogP contribution in [0.4, 0.5) is 10.8 Å². The third kappa shape index (κ3) is 4.39. The molecule has 4 rings (SSSR count). The van der Waals surface area contributed by atoms with Crippen LogP contribution in [0.25, 0.3) is 10.2 Å². The van der Waals surface area contributed by atoms with E-state index in [9.17, 15) is 19.7 Å². The minimum Gasteiger partial charge on any atom is -0.336 e. The second-order valence-electron chi connectivity index (χ2n) is 7.51. The van der Waals surface area contributed by atoms with Gasteiger partial charge in [0, 0.05) is 48.9 Å². The average Bonchev–Trinajstić information content (AvgIpc) is 3.14. The van der Waals surface area contributed by atoms with Gasteiger partial charge in [0.25, 0.3) is 17.5 Å². The number of nitro benzene ring substituents is 1. The van der Waals surface area contributed by atoms with Crippen molar-refractivity contribution >= 4 is 44.2 Å². The van der Waals surface area contributed by atoms with Gasteiger partial charge in [0.05, 0.1) is 15.1 Å². The Bertz CT molecular complexity index is 1180. The fourth-order valence-corrected chi connectivity index (χ4v) is 4.37. The van der Waals surface area contributed by atoms with Crippen LogP contribution >= 0.6 is 11.3 Å². The summed E-state index contributed by atoms with van der Waals surface area (Å²) in [4.78, 5) is 44.3. The van der Waals surface area contributed by atoms with Crippen LogP contribution < -0.4 is 5.32 Å². The second kappa shape index (κ2) is 8.40. The van der Waals surface area contributed by atoms with Crippen LogP contribution in [-0.4, -0.2) is 64.7 Å². The molecule has 0 atom stereocenters. The Morgan fingerprint density at radius 3 is 2.48 bits per heavy atom. The van der Waals surface area contributed by atoms with Gasteiger partial charge in [-0.25, -0.2) is 4.98 Å². The smallest absolute Gasteiger partial charge is 0.272 e. The van der Waals surface area contributed by atoms with Crippen LogP contribution in [-0.2, 0) is 0 Å². The van der Waals surface area contributed by atoms with Gasteiger partial charge in [-0.3, -0.25) is 25.0 Å². The highest BCUT2D eigenvalue weighted by atomic mass is 32.1. The number of benzene rings is 2. The normalized spacial score (nSPS) is 14.6. The highest BCUT2D eigenvalue weighted by Gasteiger charge is 2.21. The number of carbonyl (C=O) groups is 2. The average molecular weight is 439 g/mol. The van der Waals surface area contributed by atoms with E-state index < -0.39 is 10.8 Å². The molecular weight excluding hydrogens is 418 g/mol. The number of anilines is 1. The van der Waals surface area contributed by atoms with E-state index >= 15 is 0 Å². The summed E-state index contributed by atoms with van der Waals surface area (Å²) >= 11 is 1.28. The number of aromatic nitrogens is 1. The summed E-state index contributed by atoms with van der Waals surface area (Å²) in [5, 5.41) is 14.1. The quantitative estimate of drug-likeness (QED) is 0.494. The van der Waals surface area contributed by atoms with E-state index in [0.717, 1.165) is 17.8 Å². The van der Waals surface area contributed by atoms with Gasteiger partial charge in [0.15, 0.2) is 5.13 Å². The molecule has 1 aliphatic rings. The molecule has 0 spiro atoms. The highest BCUT2D eigenvalue weighted by Crippen LogP contribution is 2.28. The van der Waals surface area contributed by atoms with Gasteiger partial charge >= 0.3 is 0 Å². The maximum atomic E-state index is 12.8. The lowest BCUT2D eigenvalue weighted by molar-refractivity contribution is -0.385. The Morgan fingerprint density at radius 1 is 1.10 bits per heavy atom. The fraction of sp³-hybridized carbons (Fsp3) is 0.286. The molecule has 31 heavy (non-hydrogen) atoms. The van der Waals surface area contributed by atoms with E-state index in [2.05, 4.69) is 15.2 Å². The molecular formula is C21H21N5O4S. The molecule has 0 bridgehead atoms. The molecule has 2 heterocycles. The third-order valence-corrected chi connectivity index (χ3v) is 6.24. The second-order valence-corrected chi connectivity index (χ2v) is 8.54. The summed E-state index contributed by atoms with van der Waals surface area (Å²) in [5.74, 6) is -0.402. The lowest BCUT2D eigenvalue weighted by atomic mass is 10.1. The standard InChI is InChI=1S/C21H21N5O4S/c1-13-11-14(4-6-17(13)26(29)30)19(27)23-21-22-16-5-3-15(12-18(16)31-21)20(28)25-9-7-24(2)8-10-25/h3-6,11-12H,7-10H2,1-2H3,(H,22,23,27). The zero-order valence-electron chi connectivity index (χ0n) is 17.1. The molecule has 0 saturated carbocycles. The van der Waals surface area contributed by atoms with E-state index in [4.69, 9.17) is 0 Å². The van der Waals surface area contributed by atoms with Crippen molar-refractivity contribution in [3.63, 3.8) is 0 Å². The summed E-state index contributed by atoms with van der Waals surface area (Å²) in [6.45, 7) is 4.70. The number of nitrogens with one attached hydrogen (secondary N) is 1. The van der Waals surface area contributed by atoms with E-state index in [1.807, 2.05) is 11.9 Å². The van der Waals surface area contributed by atoms with Crippen LogP contribution in [0.15, 0.2) is 36.4 Å². The Labute approximate surface area is 182 Å². The van der Waals surface area contributed by atoms with Gasteiger partial charge in [0.2, 0.25) is 0 Å². The molecule has 1 saturated heterocycles. The van der Waals surface area contributed by atoms with Crippen molar-refractivity contribution in [2.24, 2.45) is 0 Å². The van der Waals surface area contributed by atoms with Crippen molar-refractivity contribution in [2.45, 2.75) is 6.92 Å². The monoisotopic (exact) mass is 439 g/mol. The first-order chi connectivity index (χ1) is 14.8. The molecule has 0 aliphatic carbocycles. The van der Waals surface area contributed by atoms with Gasteiger partial charge < -0.3 is 9.80 Å². The first-order valence-corrected chi connectivity index (χ1v) is 10.6. The molecule has 2 amide bonds. The number of hydrogen-bond donors (Lipinski definition) is 1. The van der Waals surface area contributed by atoms with Crippen molar-refractivity contribution in [2.75, 3.05) is 38.5 Å². The van der Waals surface area contributed by atoms with E-state index in [1.165, 1.54) is 29.5 Å². The van der Waals surface area contributed by atoms with Crippen molar-refractivity contribution in [3.8, 4) is 0 Å². The van der Waals surface area contributed by atoms with Crippen LogP contribution in [0.3, 0.4) is 0 Å². The lowest BCUT2D eigenvalue weighted by Crippen LogP contribution is -2.47. The number of nitrogens with zero attached hydrogens (tertiary/aromatic N) is 4. The first kappa shape index (κ1) is 20.9. The van der Waals surface area contributed by atoms with Gasteiger partial charge in [-0.2, -0.15) is 0 Å². The van der Waals surface area contributed by atoms with Gasteiger partial charge in [-0.15, -0.1) is 0 Å². The number of nitro groups is 1. The van der Waals surface area contributed by atoms with Crippen LogP contribution in [0.1, 0.15) is 26.3 Å². The van der Waals surface area contributed by atoms with E-state index in [-0.39, 0.29) is 11.6 Å². The zero-order valence-corrected chi connectivity index (χ0v) is 17.9. The Balaban J connectivity index is 1.50. The fourth-order valence-electron chi connectivity index (χ4n) is 3.47. The number of amides is 2. The predicted octanol–water partition coefficient (Wildman–Crippen LogP) is 3.15. The number of aryl methyl sites for hydroxylation is 1. The third-order valence-electron chi connectivity index (χ3n) is 5.30. The minimum atomic E-state index is -0.481. The Hall–Kier alpha value is -3.37. The number of hydrogen-bond acceptors (Lipinski definition) is 7. The summed E-state index contributed by atoms with van der Waals surface area (Å²) in [6.07, 6.45) is 0. The molecule has 1 aromatic heterocycles. The van der Waals surface area contributed by atoms with Gasteiger partial charge in [-0.1, -0.05) is 11.3 Å². The summed E-state index contributed by atoms with van der Waals surface area (Å²) in [7, 11) is 2.04. The molecule has 2 aromatic carbocycles. The molecule has 1 aliphatic heterocycles. The SMILES string of the molecule is Cc1cc(C(=O)Nc2nc3ccc(C(=O)N4CCN(C)CC4)cc3s2)ccc1[N+](=O)[O-]. The number of carbonyl (C=O) groups excluding carboxylic acids is 2. The van der Waals surface area contributed by atoms with Crippen LogP contribution in [0, 0.1) is 17.0 Å². The predicted molar refractivity (Wildman–Crippen MR) is 119 cm³/mol.